The van der Waals surface area contributed by atoms with E-state index in [1.165, 1.54) is 6.33 Å². The summed E-state index contributed by atoms with van der Waals surface area (Å²) in [5, 5.41) is 0. The van der Waals surface area contributed by atoms with E-state index in [1.54, 1.807) is 18.8 Å². The number of carbonyl (C=O) groups excluding carboxylic acids is 1. The van der Waals surface area contributed by atoms with Crippen LogP contribution in [-0.2, 0) is 6.54 Å². The molecule has 0 radical (unpaired) electrons. The molecule has 2 rings (SSSR count). The van der Waals surface area contributed by atoms with Crippen LogP contribution in [0.15, 0.2) is 24.5 Å². The van der Waals surface area contributed by atoms with Crippen molar-refractivity contribution in [2.45, 2.75) is 6.54 Å². The van der Waals surface area contributed by atoms with Gasteiger partial charge in [0.05, 0.1) is 27.1 Å². The maximum atomic E-state index is 10.7. The number of carbonyl (C=O) groups is 1. The predicted octanol–water partition coefficient (Wildman–Crippen LogP) is 1.34. The van der Waals surface area contributed by atoms with Crippen LogP contribution >= 0.6 is 0 Å². The third-order valence-corrected chi connectivity index (χ3v) is 2.82. The molecular formula is C13H15N3O3. The van der Waals surface area contributed by atoms with E-state index in [2.05, 4.69) is 4.98 Å². The molecule has 1 aromatic heterocycles. The highest BCUT2D eigenvalue weighted by Crippen LogP contribution is 2.28. The molecular weight excluding hydrogens is 246 g/mol. The Kier molecular flexibility index (Phi) is 3.70. The van der Waals surface area contributed by atoms with E-state index < -0.39 is 0 Å². The van der Waals surface area contributed by atoms with Gasteiger partial charge in [-0.1, -0.05) is 6.07 Å². The smallest absolute Gasteiger partial charge is 0.172 e. The normalized spacial score (nSPS) is 10.2. The third kappa shape index (κ3) is 2.52. The first-order valence-corrected chi connectivity index (χ1v) is 5.66. The minimum absolute atomic E-state index is 0.250. The SMILES string of the molecule is COc1ccc(Cn2cnc(C=O)c2N)cc1OC. The van der Waals surface area contributed by atoms with E-state index in [0.717, 1.165) is 5.56 Å². The number of nitrogens with two attached hydrogens (primary N) is 1. The Bertz CT molecular complexity index is 593. The van der Waals surface area contributed by atoms with Gasteiger partial charge in [-0.2, -0.15) is 0 Å². The van der Waals surface area contributed by atoms with Crippen molar-refractivity contribution in [3.8, 4) is 11.5 Å². The minimum Gasteiger partial charge on any atom is -0.493 e. The summed E-state index contributed by atoms with van der Waals surface area (Å²) < 4.78 is 12.1. The first-order valence-electron chi connectivity index (χ1n) is 5.66. The molecule has 0 saturated heterocycles. The standard InChI is InChI=1S/C13H15N3O3/c1-18-11-4-3-9(5-12(11)19-2)6-16-8-15-10(7-17)13(16)14/h3-5,7-8H,6,14H2,1-2H3. The zero-order valence-electron chi connectivity index (χ0n) is 10.8. The predicted molar refractivity (Wildman–Crippen MR) is 70.7 cm³/mol. The summed E-state index contributed by atoms with van der Waals surface area (Å²) in [4.78, 5) is 14.6. The summed E-state index contributed by atoms with van der Waals surface area (Å²) in [6.45, 7) is 0.507. The maximum Gasteiger partial charge on any atom is 0.172 e. The number of ether oxygens (including phenoxy) is 2. The molecule has 0 aliphatic heterocycles. The van der Waals surface area contributed by atoms with E-state index >= 15 is 0 Å². The number of rotatable bonds is 5. The second kappa shape index (κ2) is 5.43. The fourth-order valence-corrected chi connectivity index (χ4v) is 1.80. The van der Waals surface area contributed by atoms with Crippen LogP contribution in [0, 0.1) is 0 Å². The molecule has 0 unspecified atom stereocenters. The number of nitrogens with zero attached hydrogens (tertiary/aromatic N) is 2. The Balaban J connectivity index is 2.28. The van der Waals surface area contributed by atoms with Gasteiger partial charge in [0.1, 0.15) is 11.5 Å². The zero-order chi connectivity index (χ0) is 13.8. The Morgan fingerprint density at radius 1 is 1.32 bits per heavy atom. The van der Waals surface area contributed by atoms with Crippen molar-refractivity contribution in [3.05, 3.63) is 35.8 Å². The number of aldehydes is 1. The fourth-order valence-electron chi connectivity index (χ4n) is 1.80. The highest BCUT2D eigenvalue weighted by Gasteiger charge is 2.09. The van der Waals surface area contributed by atoms with Crippen molar-refractivity contribution in [2.24, 2.45) is 0 Å². The van der Waals surface area contributed by atoms with E-state index in [-0.39, 0.29) is 5.69 Å². The van der Waals surface area contributed by atoms with Crippen LogP contribution in [0.4, 0.5) is 5.82 Å². The number of hydrogen-bond donors (Lipinski definition) is 1. The molecule has 2 aromatic rings. The van der Waals surface area contributed by atoms with E-state index in [1.807, 2.05) is 18.2 Å². The zero-order valence-corrected chi connectivity index (χ0v) is 10.8. The molecule has 1 heterocycles. The van der Waals surface area contributed by atoms with Gasteiger partial charge >= 0.3 is 0 Å². The first-order chi connectivity index (χ1) is 9.19. The summed E-state index contributed by atoms with van der Waals surface area (Å²) in [7, 11) is 3.17. The van der Waals surface area contributed by atoms with E-state index in [0.29, 0.717) is 30.1 Å². The number of anilines is 1. The van der Waals surface area contributed by atoms with E-state index in [9.17, 15) is 4.79 Å². The first kappa shape index (κ1) is 12.9. The Labute approximate surface area is 110 Å². The van der Waals surface area contributed by atoms with Gasteiger partial charge < -0.3 is 19.8 Å². The maximum absolute atomic E-state index is 10.7. The van der Waals surface area contributed by atoms with Gasteiger partial charge in [-0.05, 0) is 17.7 Å². The molecule has 2 N–H and O–H groups in total. The molecule has 6 heteroatoms. The molecule has 0 fully saturated rings. The summed E-state index contributed by atoms with van der Waals surface area (Å²) in [5.41, 5.74) is 7.02. The second-order valence-electron chi connectivity index (χ2n) is 3.95. The Hall–Kier alpha value is -2.50. The molecule has 1 aromatic carbocycles. The average Bonchev–Trinajstić information content (AvgIpc) is 2.79. The monoisotopic (exact) mass is 261 g/mol. The van der Waals surface area contributed by atoms with Crippen molar-refractivity contribution in [1.29, 1.82) is 0 Å². The Morgan fingerprint density at radius 2 is 2.05 bits per heavy atom. The van der Waals surface area contributed by atoms with Crippen LogP contribution < -0.4 is 15.2 Å². The molecule has 0 saturated carbocycles. The second-order valence-corrected chi connectivity index (χ2v) is 3.95. The lowest BCUT2D eigenvalue weighted by molar-refractivity contribution is 0.112. The average molecular weight is 261 g/mol. The van der Waals surface area contributed by atoms with Crippen molar-refractivity contribution in [3.63, 3.8) is 0 Å². The van der Waals surface area contributed by atoms with Gasteiger partial charge in [0.15, 0.2) is 17.8 Å². The molecule has 0 spiro atoms. The molecule has 100 valence electrons. The number of methoxy groups -OCH3 is 2. The molecule has 6 nitrogen and oxygen atoms in total. The molecule has 0 amide bonds. The van der Waals surface area contributed by atoms with Crippen LogP contribution in [0.5, 0.6) is 11.5 Å². The fraction of sp³-hybridized carbons (Fsp3) is 0.231. The van der Waals surface area contributed by atoms with Crippen LogP contribution in [-0.4, -0.2) is 30.1 Å². The quantitative estimate of drug-likeness (QED) is 0.822. The summed E-state index contributed by atoms with van der Waals surface area (Å²) in [5.74, 6) is 1.66. The molecule has 19 heavy (non-hydrogen) atoms. The highest BCUT2D eigenvalue weighted by atomic mass is 16.5. The number of hydrogen-bond acceptors (Lipinski definition) is 5. The van der Waals surface area contributed by atoms with Gasteiger partial charge in [0.2, 0.25) is 0 Å². The number of imidazole rings is 1. The van der Waals surface area contributed by atoms with Gasteiger partial charge in [-0.15, -0.1) is 0 Å². The summed E-state index contributed by atoms with van der Waals surface area (Å²) in [6.07, 6.45) is 2.18. The lowest BCUT2D eigenvalue weighted by atomic mass is 10.2. The largest absolute Gasteiger partial charge is 0.493 e. The molecule has 0 aliphatic rings. The van der Waals surface area contributed by atoms with Crippen molar-refractivity contribution >= 4 is 12.1 Å². The van der Waals surface area contributed by atoms with Crippen LogP contribution in [0.2, 0.25) is 0 Å². The van der Waals surface area contributed by atoms with Crippen LogP contribution in [0.1, 0.15) is 16.1 Å². The number of benzene rings is 1. The summed E-state index contributed by atoms with van der Waals surface area (Å²) in [6, 6.07) is 5.59. The lowest BCUT2D eigenvalue weighted by Gasteiger charge is -2.10. The van der Waals surface area contributed by atoms with Crippen molar-refractivity contribution in [1.82, 2.24) is 9.55 Å². The van der Waals surface area contributed by atoms with Gasteiger partial charge in [-0.3, -0.25) is 4.79 Å². The van der Waals surface area contributed by atoms with Gasteiger partial charge in [0.25, 0.3) is 0 Å². The molecule has 0 atom stereocenters. The van der Waals surface area contributed by atoms with Gasteiger partial charge in [0, 0.05) is 0 Å². The number of aromatic nitrogens is 2. The topological polar surface area (TPSA) is 79.4 Å². The molecule has 0 bridgehead atoms. The third-order valence-electron chi connectivity index (χ3n) is 2.82. The van der Waals surface area contributed by atoms with Crippen molar-refractivity contribution < 1.29 is 14.3 Å². The van der Waals surface area contributed by atoms with E-state index in [4.69, 9.17) is 15.2 Å². The summed E-state index contributed by atoms with van der Waals surface area (Å²) >= 11 is 0. The molecule has 0 aliphatic carbocycles. The van der Waals surface area contributed by atoms with Gasteiger partial charge in [-0.25, -0.2) is 4.98 Å². The Morgan fingerprint density at radius 3 is 2.63 bits per heavy atom. The number of nitrogen functional groups attached to an aromatic ring is 1. The highest BCUT2D eigenvalue weighted by molar-refractivity contribution is 5.78. The lowest BCUT2D eigenvalue weighted by Crippen LogP contribution is -2.04. The van der Waals surface area contributed by atoms with Crippen LogP contribution in [0.3, 0.4) is 0 Å². The van der Waals surface area contributed by atoms with Crippen LogP contribution in [0.25, 0.3) is 0 Å². The minimum atomic E-state index is 0.250. The van der Waals surface area contributed by atoms with Crippen molar-refractivity contribution in [2.75, 3.05) is 20.0 Å².